The number of rotatable bonds is 10. The summed E-state index contributed by atoms with van der Waals surface area (Å²) in [6, 6.07) is 5.99. The molecule has 0 radical (unpaired) electrons. The van der Waals surface area contributed by atoms with Gasteiger partial charge in [0, 0.05) is 6.61 Å². The van der Waals surface area contributed by atoms with E-state index in [1.165, 1.54) is 32.1 Å². The summed E-state index contributed by atoms with van der Waals surface area (Å²) in [6.45, 7) is 2.28. The first-order valence-corrected chi connectivity index (χ1v) is 7.64. The summed E-state index contributed by atoms with van der Waals surface area (Å²) >= 11 is 0. The molecule has 1 aromatic carbocycles. The number of hydrogen-bond acceptors (Lipinski definition) is 2. The minimum absolute atomic E-state index is 0.333. The minimum atomic E-state index is 0.333. The number of aliphatic hydroxyl groups is 1. The largest absolute Gasteiger partial charge is 0.507 e. The van der Waals surface area contributed by atoms with Gasteiger partial charge in [-0.3, -0.25) is 0 Å². The second kappa shape index (κ2) is 9.85. The molecule has 0 aromatic heterocycles. The van der Waals surface area contributed by atoms with Gasteiger partial charge in [0.15, 0.2) is 0 Å². The van der Waals surface area contributed by atoms with Crippen LogP contribution in [0, 0.1) is 6.92 Å². The van der Waals surface area contributed by atoms with Gasteiger partial charge in [-0.15, -0.1) is 0 Å². The molecule has 0 heterocycles. The Hall–Kier alpha value is -1.02. The van der Waals surface area contributed by atoms with Gasteiger partial charge in [-0.05, 0) is 37.3 Å². The first-order valence-electron chi connectivity index (χ1n) is 7.64. The number of aromatic hydroxyl groups is 1. The molecule has 108 valence electrons. The lowest BCUT2D eigenvalue weighted by molar-refractivity contribution is 0.282. The average Bonchev–Trinajstić information content (AvgIpc) is 2.41. The zero-order chi connectivity index (χ0) is 13.9. The lowest BCUT2D eigenvalue weighted by Gasteiger charge is -2.07. The van der Waals surface area contributed by atoms with Crippen molar-refractivity contribution in [3.8, 4) is 5.75 Å². The molecular formula is C17H28O2. The first kappa shape index (κ1) is 16.0. The molecule has 0 amide bonds. The van der Waals surface area contributed by atoms with Gasteiger partial charge in [0.05, 0.1) is 0 Å². The van der Waals surface area contributed by atoms with E-state index in [2.05, 4.69) is 0 Å². The van der Waals surface area contributed by atoms with E-state index in [0.29, 0.717) is 12.4 Å². The zero-order valence-electron chi connectivity index (χ0n) is 12.2. The van der Waals surface area contributed by atoms with Crippen molar-refractivity contribution in [1.82, 2.24) is 0 Å². The van der Waals surface area contributed by atoms with Crippen LogP contribution in [0.5, 0.6) is 5.75 Å². The van der Waals surface area contributed by atoms with Crippen molar-refractivity contribution in [3.05, 3.63) is 29.3 Å². The molecule has 2 N–H and O–H groups in total. The van der Waals surface area contributed by atoms with Gasteiger partial charge in [-0.2, -0.15) is 0 Å². The molecule has 0 aliphatic carbocycles. The summed E-state index contributed by atoms with van der Waals surface area (Å²) in [5, 5.41) is 18.6. The maximum absolute atomic E-state index is 9.90. The molecule has 0 spiro atoms. The van der Waals surface area contributed by atoms with E-state index in [0.717, 1.165) is 36.8 Å². The summed E-state index contributed by atoms with van der Waals surface area (Å²) in [5.74, 6) is 0.478. The topological polar surface area (TPSA) is 40.5 Å². The predicted molar refractivity (Wildman–Crippen MR) is 80.6 cm³/mol. The van der Waals surface area contributed by atoms with Crippen LogP contribution in [0.1, 0.15) is 62.5 Å². The monoisotopic (exact) mass is 264 g/mol. The van der Waals surface area contributed by atoms with E-state index in [1.807, 2.05) is 25.1 Å². The first-order chi connectivity index (χ1) is 9.25. The summed E-state index contributed by atoms with van der Waals surface area (Å²) in [7, 11) is 0. The molecule has 0 aliphatic heterocycles. The Labute approximate surface area is 117 Å². The fourth-order valence-electron chi connectivity index (χ4n) is 2.41. The van der Waals surface area contributed by atoms with Gasteiger partial charge < -0.3 is 10.2 Å². The fourth-order valence-corrected chi connectivity index (χ4v) is 2.41. The molecule has 0 saturated heterocycles. The van der Waals surface area contributed by atoms with Crippen LogP contribution in [0.3, 0.4) is 0 Å². The highest BCUT2D eigenvalue weighted by atomic mass is 16.3. The van der Waals surface area contributed by atoms with Crippen LogP contribution >= 0.6 is 0 Å². The van der Waals surface area contributed by atoms with E-state index >= 15 is 0 Å². The number of hydrogen-bond donors (Lipinski definition) is 2. The Kier molecular flexibility index (Phi) is 8.31. The van der Waals surface area contributed by atoms with Crippen molar-refractivity contribution >= 4 is 0 Å². The number of unbranched alkanes of at least 4 members (excludes halogenated alkanes) is 7. The highest BCUT2D eigenvalue weighted by Crippen LogP contribution is 2.23. The van der Waals surface area contributed by atoms with E-state index in [1.54, 1.807) is 0 Å². The maximum atomic E-state index is 9.90. The van der Waals surface area contributed by atoms with Gasteiger partial charge in [-0.1, -0.05) is 56.7 Å². The maximum Gasteiger partial charge on any atom is 0.121 e. The van der Waals surface area contributed by atoms with E-state index in [4.69, 9.17) is 5.11 Å². The Morgan fingerprint density at radius 3 is 2.05 bits per heavy atom. The van der Waals surface area contributed by atoms with Crippen molar-refractivity contribution in [1.29, 1.82) is 0 Å². The molecule has 0 bridgehead atoms. The Morgan fingerprint density at radius 1 is 0.842 bits per heavy atom. The standard InChI is InChI=1S/C17H28O2/c1-15-11-10-13-16(17(15)19)12-8-6-4-2-3-5-7-9-14-18/h10-11,13,18-19H,2-9,12,14H2,1H3. The molecule has 0 atom stereocenters. The van der Waals surface area contributed by atoms with Crippen LogP contribution in [0.15, 0.2) is 18.2 Å². The summed E-state index contributed by atoms with van der Waals surface area (Å²) < 4.78 is 0. The minimum Gasteiger partial charge on any atom is -0.507 e. The van der Waals surface area contributed by atoms with Crippen LogP contribution in [-0.4, -0.2) is 16.8 Å². The number of benzene rings is 1. The third-order valence-electron chi connectivity index (χ3n) is 3.68. The molecule has 0 aliphatic rings. The Bertz CT molecular complexity index is 347. The molecule has 19 heavy (non-hydrogen) atoms. The lowest BCUT2D eigenvalue weighted by Crippen LogP contribution is -1.89. The molecule has 2 nitrogen and oxygen atoms in total. The van der Waals surface area contributed by atoms with Crippen molar-refractivity contribution in [3.63, 3.8) is 0 Å². The molecule has 0 fully saturated rings. The smallest absolute Gasteiger partial charge is 0.121 e. The van der Waals surface area contributed by atoms with E-state index < -0.39 is 0 Å². The number of para-hydroxylation sites is 1. The van der Waals surface area contributed by atoms with Crippen LogP contribution in [0.2, 0.25) is 0 Å². The zero-order valence-corrected chi connectivity index (χ0v) is 12.2. The van der Waals surface area contributed by atoms with Gasteiger partial charge in [-0.25, -0.2) is 0 Å². The summed E-state index contributed by atoms with van der Waals surface area (Å²) in [4.78, 5) is 0. The van der Waals surface area contributed by atoms with Crippen molar-refractivity contribution in [2.24, 2.45) is 0 Å². The van der Waals surface area contributed by atoms with Gasteiger partial charge in [0.25, 0.3) is 0 Å². The SMILES string of the molecule is Cc1cccc(CCCCCCCCCCO)c1O. The average molecular weight is 264 g/mol. The van der Waals surface area contributed by atoms with E-state index in [-0.39, 0.29) is 0 Å². The third-order valence-corrected chi connectivity index (χ3v) is 3.68. The molecule has 0 unspecified atom stereocenters. The molecule has 0 saturated carbocycles. The van der Waals surface area contributed by atoms with Gasteiger partial charge in [0.2, 0.25) is 0 Å². The highest BCUT2D eigenvalue weighted by Gasteiger charge is 2.02. The van der Waals surface area contributed by atoms with E-state index in [9.17, 15) is 5.11 Å². The molecule has 2 heteroatoms. The van der Waals surface area contributed by atoms with Crippen LogP contribution in [0.4, 0.5) is 0 Å². The Morgan fingerprint density at radius 2 is 1.42 bits per heavy atom. The number of aliphatic hydroxyl groups excluding tert-OH is 1. The molecular weight excluding hydrogens is 236 g/mol. The normalized spacial score (nSPS) is 10.8. The second-order valence-corrected chi connectivity index (χ2v) is 5.38. The fraction of sp³-hybridized carbons (Fsp3) is 0.647. The second-order valence-electron chi connectivity index (χ2n) is 5.38. The highest BCUT2D eigenvalue weighted by molar-refractivity contribution is 5.39. The Balaban J connectivity index is 2.03. The number of phenols is 1. The summed E-state index contributed by atoms with van der Waals surface area (Å²) in [6.07, 6.45) is 10.6. The third kappa shape index (κ3) is 6.63. The quantitative estimate of drug-likeness (QED) is 0.617. The van der Waals surface area contributed by atoms with Crippen molar-refractivity contribution in [2.45, 2.75) is 64.7 Å². The summed E-state index contributed by atoms with van der Waals surface area (Å²) in [5.41, 5.74) is 2.06. The lowest BCUT2D eigenvalue weighted by atomic mass is 10.0. The van der Waals surface area contributed by atoms with Crippen LogP contribution in [-0.2, 0) is 6.42 Å². The molecule has 1 aromatic rings. The number of aryl methyl sites for hydroxylation is 2. The van der Waals surface area contributed by atoms with Crippen molar-refractivity contribution in [2.75, 3.05) is 6.61 Å². The van der Waals surface area contributed by atoms with Crippen LogP contribution in [0.25, 0.3) is 0 Å². The predicted octanol–water partition coefficient (Wildman–Crippen LogP) is 4.36. The van der Waals surface area contributed by atoms with Gasteiger partial charge >= 0.3 is 0 Å². The molecule has 1 rings (SSSR count). The van der Waals surface area contributed by atoms with Crippen LogP contribution < -0.4 is 0 Å². The van der Waals surface area contributed by atoms with Gasteiger partial charge in [0.1, 0.15) is 5.75 Å². The van der Waals surface area contributed by atoms with Crippen molar-refractivity contribution < 1.29 is 10.2 Å². The number of phenolic OH excluding ortho intramolecular Hbond substituents is 1.